The van der Waals surface area contributed by atoms with Gasteiger partial charge in [-0.2, -0.15) is 0 Å². The Labute approximate surface area is 120 Å². The molecule has 0 aliphatic heterocycles. The molecule has 1 nitrogen and oxygen atoms in total. The first-order chi connectivity index (χ1) is 8.56. The molecule has 18 heavy (non-hydrogen) atoms. The second kappa shape index (κ2) is 5.91. The van der Waals surface area contributed by atoms with Gasteiger partial charge < -0.3 is 5.11 Å². The molecule has 0 saturated carbocycles. The van der Waals surface area contributed by atoms with Crippen LogP contribution in [0.3, 0.4) is 0 Å². The lowest BCUT2D eigenvalue weighted by Gasteiger charge is -2.09. The topological polar surface area (TPSA) is 20.2 Å². The molecule has 0 unspecified atom stereocenters. The number of aryl methyl sites for hydroxylation is 1. The van der Waals surface area contributed by atoms with Crippen LogP contribution in [0.5, 0.6) is 0 Å². The summed E-state index contributed by atoms with van der Waals surface area (Å²) in [5.41, 5.74) is 2.19. The monoisotopic (exact) mass is 322 g/mol. The summed E-state index contributed by atoms with van der Waals surface area (Å²) in [4.78, 5) is 2.38. The van der Waals surface area contributed by atoms with Crippen LogP contribution in [0.4, 0.5) is 0 Å². The molecule has 2 rings (SSSR count). The van der Waals surface area contributed by atoms with Gasteiger partial charge in [-0.05, 0) is 43.7 Å². The minimum absolute atomic E-state index is 0.446. The van der Waals surface area contributed by atoms with Gasteiger partial charge >= 0.3 is 0 Å². The van der Waals surface area contributed by atoms with E-state index in [2.05, 4.69) is 47.1 Å². The largest absolute Gasteiger partial charge is 0.389 e. The zero-order valence-corrected chi connectivity index (χ0v) is 12.8. The average Bonchev–Trinajstić information content (AvgIpc) is 2.32. The van der Waals surface area contributed by atoms with E-state index in [1.165, 1.54) is 10.5 Å². The third-order valence-electron chi connectivity index (χ3n) is 2.68. The zero-order valence-electron chi connectivity index (χ0n) is 10.4. The average molecular weight is 323 g/mol. The van der Waals surface area contributed by atoms with Crippen LogP contribution in [0.1, 0.15) is 24.2 Å². The molecule has 2 aromatic carbocycles. The van der Waals surface area contributed by atoms with Crippen LogP contribution in [0.15, 0.2) is 56.7 Å². The van der Waals surface area contributed by atoms with Crippen molar-refractivity contribution in [1.29, 1.82) is 0 Å². The first-order valence-corrected chi connectivity index (χ1v) is 7.39. The smallest absolute Gasteiger partial charge is 0.0772 e. The molecule has 0 spiro atoms. The number of rotatable bonds is 3. The highest BCUT2D eigenvalue weighted by atomic mass is 79.9. The summed E-state index contributed by atoms with van der Waals surface area (Å²) < 4.78 is 0.953. The fourth-order valence-corrected chi connectivity index (χ4v) is 3.37. The Morgan fingerprint density at radius 1 is 1.06 bits per heavy atom. The number of hydrogen-bond acceptors (Lipinski definition) is 2. The molecule has 0 amide bonds. The highest BCUT2D eigenvalue weighted by Crippen LogP contribution is 2.32. The summed E-state index contributed by atoms with van der Waals surface area (Å²) in [7, 11) is 0. The van der Waals surface area contributed by atoms with E-state index < -0.39 is 6.10 Å². The van der Waals surface area contributed by atoms with Crippen LogP contribution < -0.4 is 0 Å². The molecule has 1 atom stereocenters. The third-order valence-corrected chi connectivity index (χ3v) is 4.36. The number of benzene rings is 2. The van der Waals surface area contributed by atoms with Crippen molar-refractivity contribution in [3.8, 4) is 0 Å². The van der Waals surface area contributed by atoms with Crippen LogP contribution in [0.2, 0.25) is 0 Å². The van der Waals surface area contributed by atoms with E-state index in [0.29, 0.717) is 0 Å². The maximum absolute atomic E-state index is 9.58. The predicted molar refractivity (Wildman–Crippen MR) is 80.1 cm³/mol. The van der Waals surface area contributed by atoms with Crippen molar-refractivity contribution in [2.75, 3.05) is 0 Å². The Bertz CT molecular complexity index is 535. The lowest BCUT2D eigenvalue weighted by atomic mass is 10.1. The summed E-state index contributed by atoms with van der Waals surface area (Å²) >= 11 is 5.22. The first kappa shape index (κ1) is 13.7. The quantitative estimate of drug-likeness (QED) is 0.861. The summed E-state index contributed by atoms with van der Waals surface area (Å²) in [6.45, 7) is 3.86. The van der Waals surface area contributed by atoms with Gasteiger partial charge in [0.2, 0.25) is 0 Å². The maximum Gasteiger partial charge on any atom is 0.0772 e. The normalized spacial score (nSPS) is 12.4. The summed E-state index contributed by atoms with van der Waals surface area (Å²) in [5, 5.41) is 9.58. The van der Waals surface area contributed by atoms with Crippen LogP contribution in [-0.2, 0) is 0 Å². The van der Waals surface area contributed by atoms with Crippen molar-refractivity contribution in [1.82, 2.24) is 0 Å². The molecular weight excluding hydrogens is 308 g/mol. The Morgan fingerprint density at radius 3 is 2.22 bits per heavy atom. The molecule has 1 N–H and O–H groups in total. The Balaban J connectivity index is 2.20. The summed E-state index contributed by atoms with van der Waals surface area (Å²) in [6, 6.07) is 14.5. The molecule has 0 fully saturated rings. The van der Waals surface area contributed by atoms with Crippen molar-refractivity contribution in [2.24, 2.45) is 0 Å². The van der Waals surface area contributed by atoms with Gasteiger partial charge in [0.1, 0.15) is 0 Å². The van der Waals surface area contributed by atoms with Gasteiger partial charge in [-0.25, -0.2) is 0 Å². The summed E-state index contributed by atoms with van der Waals surface area (Å²) in [6.07, 6.45) is -0.446. The van der Waals surface area contributed by atoms with Crippen LogP contribution in [-0.4, -0.2) is 5.11 Å². The van der Waals surface area contributed by atoms with Crippen molar-refractivity contribution in [3.63, 3.8) is 0 Å². The Morgan fingerprint density at radius 2 is 1.67 bits per heavy atom. The van der Waals surface area contributed by atoms with E-state index >= 15 is 0 Å². The van der Waals surface area contributed by atoms with Crippen molar-refractivity contribution in [3.05, 3.63) is 58.1 Å². The maximum atomic E-state index is 9.58. The second-order valence-electron chi connectivity index (χ2n) is 4.27. The van der Waals surface area contributed by atoms with Crippen molar-refractivity contribution < 1.29 is 5.11 Å². The van der Waals surface area contributed by atoms with Gasteiger partial charge in [0.05, 0.1) is 6.10 Å². The number of aliphatic hydroxyl groups excluding tert-OH is 1. The fourth-order valence-electron chi connectivity index (χ4n) is 1.65. The second-order valence-corrected chi connectivity index (χ2v) is 6.28. The van der Waals surface area contributed by atoms with Crippen LogP contribution >= 0.6 is 27.7 Å². The van der Waals surface area contributed by atoms with E-state index in [4.69, 9.17) is 0 Å². The minimum atomic E-state index is -0.446. The van der Waals surface area contributed by atoms with Crippen molar-refractivity contribution >= 4 is 27.7 Å². The van der Waals surface area contributed by atoms with Crippen LogP contribution in [0.25, 0.3) is 0 Å². The molecule has 0 aliphatic carbocycles. The minimum Gasteiger partial charge on any atom is -0.389 e. The van der Waals surface area contributed by atoms with E-state index in [9.17, 15) is 5.11 Å². The fraction of sp³-hybridized carbons (Fsp3) is 0.200. The van der Waals surface area contributed by atoms with E-state index in [1.807, 2.05) is 18.2 Å². The molecular formula is C15H15BrOS. The van der Waals surface area contributed by atoms with Gasteiger partial charge in [-0.1, -0.05) is 51.5 Å². The van der Waals surface area contributed by atoms with Crippen molar-refractivity contribution in [2.45, 2.75) is 29.7 Å². The first-order valence-electron chi connectivity index (χ1n) is 5.78. The van der Waals surface area contributed by atoms with Gasteiger partial charge in [-0.3, -0.25) is 0 Å². The number of hydrogen-bond donors (Lipinski definition) is 1. The summed E-state index contributed by atoms with van der Waals surface area (Å²) in [5.74, 6) is 0. The van der Waals surface area contributed by atoms with E-state index in [1.54, 1.807) is 18.7 Å². The molecule has 0 saturated heterocycles. The number of halogens is 1. The molecule has 0 heterocycles. The third kappa shape index (κ3) is 3.37. The molecule has 2 aromatic rings. The molecule has 3 heteroatoms. The molecule has 0 aliphatic rings. The standard InChI is InChI=1S/C15H15BrOS/c1-10-3-5-12(6-4-10)18-13-7-8-14(11(2)17)15(16)9-13/h3-9,11,17H,1-2H3/t11-/m0/s1. The van der Waals surface area contributed by atoms with E-state index in [-0.39, 0.29) is 0 Å². The van der Waals surface area contributed by atoms with Gasteiger partial charge in [-0.15, -0.1) is 0 Å². The molecule has 0 aromatic heterocycles. The van der Waals surface area contributed by atoms with Crippen LogP contribution in [0, 0.1) is 6.92 Å². The van der Waals surface area contributed by atoms with Gasteiger partial charge in [0, 0.05) is 14.3 Å². The molecule has 0 bridgehead atoms. The molecule has 0 radical (unpaired) electrons. The van der Waals surface area contributed by atoms with E-state index in [0.717, 1.165) is 14.9 Å². The number of aliphatic hydroxyl groups is 1. The molecule has 94 valence electrons. The van der Waals surface area contributed by atoms with Gasteiger partial charge in [0.25, 0.3) is 0 Å². The SMILES string of the molecule is Cc1ccc(Sc2ccc([C@H](C)O)c(Br)c2)cc1. The van der Waals surface area contributed by atoms with Gasteiger partial charge in [0.15, 0.2) is 0 Å². The highest BCUT2D eigenvalue weighted by Gasteiger charge is 2.07. The zero-order chi connectivity index (χ0) is 13.1. The predicted octanol–water partition coefficient (Wildman–Crippen LogP) is 4.96. The Hall–Kier alpha value is -0.770. The Kier molecular flexibility index (Phi) is 4.49. The lowest BCUT2D eigenvalue weighted by molar-refractivity contribution is 0.198. The lowest BCUT2D eigenvalue weighted by Crippen LogP contribution is -1.92. The highest BCUT2D eigenvalue weighted by molar-refractivity contribution is 9.10.